The molecule has 3 aliphatic heterocycles. The van der Waals surface area contributed by atoms with Crippen molar-refractivity contribution in [1.82, 2.24) is 26.6 Å². The highest BCUT2D eigenvalue weighted by atomic mass is 79.9. The van der Waals surface area contributed by atoms with Crippen LogP contribution in [0.4, 0.5) is 35.8 Å². The highest BCUT2D eigenvalue weighted by molar-refractivity contribution is 9.09. The van der Waals surface area contributed by atoms with Crippen LogP contribution in [-0.2, 0) is 49.3 Å². The molecule has 83 heavy (non-hydrogen) atoms. The number of halogens is 4. The lowest BCUT2D eigenvalue weighted by Gasteiger charge is -2.42. The minimum atomic E-state index is -1.94. The van der Waals surface area contributed by atoms with Crippen molar-refractivity contribution in [3.63, 3.8) is 0 Å². The van der Waals surface area contributed by atoms with Crippen LogP contribution in [0.3, 0.4) is 0 Å². The Kier molecular flexibility index (Phi) is 24.7. The third-order valence-electron chi connectivity index (χ3n) is 14.6. The number of fused-ring (bicyclic) bond motifs is 5. The number of carbonyl (C=O) groups excluding carboxylic acids is 8. The van der Waals surface area contributed by atoms with Crippen molar-refractivity contribution in [2.75, 3.05) is 55.2 Å². The molecule has 4 bridgehead atoms. The number of epoxide rings is 1. The highest BCUT2D eigenvalue weighted by Crippen LogP contribution is 2.49. The molecule has 0 spiro atoms. The summed E-state index contributed by atoms with van der Waals surface area (Å²) in [5.74, 6) is -4.31. The quantitative estimate of drug-likeness (QED) is 0.0190. The maximum absolute atomic E-state index is 16.1. The Bertz CT molecular complexity index is 2810. The van der Waals surface area contributed by atoms with E-state index in [0.717, 1.165) is 17.7 Å². The number of rotatable bonds is 23. The molecule has 3 aliphatic rings. The standard InChI is InChI=1S/C56H75BrCl2FN9O14/c1-29(2)47(64-34(28-70)15-10-11-18-62-49(72)31(4)27-57)51(74)65-37(16-13-19-63-52(61)75)50(73)66-39-23-35(58)38(24-36(39)60)67-53(76)82-44-25-45(71)69(7)40-21-33(22-41(79-8)46(40)59)20-30(3)14-12-17-43(80-9)56(78)26-42(81-54(77)68-56)32(5)48-55(44,6)83-48/h12,14,17,21-24,28-29,32,34,37,42-44,47-48,64,78H,4,10-11,13,15-16,18-20,25-27H2,1-3,5-9H3,(H,62,72)(H,65,74)(H,66,73)(H,67,76)(H,68,77)(H3,61,63,75)/b17-12+,30-14+/t32-,34?,37+,42+,43-,44+,47+,48+,55+,56+/m1/s1. The second-order valence-electron chi connectivity index (χ2n) is 21.2. The number of benzene rings is 2. The summed E-state index contributed by atoms with van der Waals surface area (Å²) in [5, 5.41) is 30.3. The van der Waals surface area contributed by atoms with Crippen molar-refractivity contribution >= 4 is 104 Å². The van der Waals surface area contributed by atoms with Gasteiger partial charge in [0.1, 0.15) is 52.8 Å². The predicted molar refractivity (Wildman–Crippen MR) is 313 cm³/mol. The molecule has 0 saturated carbocycles. The fourth-order valence-electron chi connectivity index (χ4n) is 9.75. The molecule has 8 amide bonds. The number of aliphatic hydroxyl groups is 1. The minimum absolute atomic E-state index is 0.0204. The van der Waals surface area contributed by atoms with Crippen LogP contribution in [0.15, 0.2) is 60.2 Å². The average Bonchev–Trinajstić information content (AvgIpc) is 3.54. The van der Waals surface area contributed by atoms with E-state index in [2.05, 4.69) is 59.7 Å². The number of aldehydes is 1. The van der Waals surface area contributed by atoms with Gasteiger partial charge in [-0.3, -0.25) is 35.1 Å². The summed E-state index contributed by atoms with van der Waals surface area (Å²) in [6.45, 7) is 12.7. The van der Waals surface area contributed by atoms with E-state index in [1.807, 2.05) is 6.92 Å². The summed E-state index contributed by atoms with van der Waals surface area (Å²) >= 11 is 16.6. The van der Waals surface area contributed by atoms with Crippen LogP contribution in [0.2, 0.25) is 10.0 Å². The number of allylic oxidation sites excluding steroid dienone is 3. The van der Waals surface area contributed by atoms with Crippen molar-refractivity contribution in [1.29, 1.82) is 0 Å². The van der Waals surface area contributed by atoms with Crippen LogP contribution in [-0.4, -0.2) is 147 Å². The van der Waals surface area contributed by atoms with Crippen LogP contribution in [0, 0.1) is 17.7 Å². The monoisotopic (exact) mass is 1270 g/mol. The lowest BCUT2D eigenvalue weighted by molar-refractivity contribution is -0.142. The Morgan fingerprint density at radius 2 is 1.75 bits per heavy atom. The lowest BCUT2D eigenvalue weighted by atomic mass is 9.83. The van der Waals surface area contributed by atoms with Gasteiger partial charge < -0.3 is 65.5 Å². The SMILES string of the molecule is C=C(CBr)C(=O)NCCCCC(C=O)N[C@H](C(=O)N[C@@H](CCCNC(N)=O)C(=O)Nc1cc(Cl)c(NC(=O)O[C@H]2CC(=O)N(C)c3cc(cc(OC)c3Cl)C/C(C)=C/C=C/[C@@H](OC)[C@@]3(O)C[C@H](OC(=O)N3)[C@@H](C)[C@@H]3O[C@@]23C)cc1F)C(C)C. The molecule has 23 nitrogen and oxygen atoms in total. The smallest absolute Gasteiger partial charge is 0.412 e. The molecule has 5 rings (SSSR count). The second kappa shape index (κ2) is 30.5. The number of nitrogens with two attached hydrogens (primary N) is 1. The van der Waals surface area contributed by atoms with Crippen molar-refractivity contribution in [3.8, 4) is 5.75 Å². The number of hydrogen-bond acceptors (Lipinski definition) is 15. The van der Waals surface area contributed by atoms with E-state index in [-0.39, 0.29) is 58.9 Å². The average molecular weight is 1270 g/mol. The van der Waals surface area contributed by atoms with Gasteiger partial charge in [-0.25, -0.2) is 18.8 Å². The first-order valence-electron chi connectivity index (χ1n) is 26.9. The van der Waals surface area contributed by atoms with E-state index in [9.17, 15) is 43.5 Å². The molecule has 0 radical (unpaired) electrons. The normalized spacial score (nSPS) is 24.6. The fourth-order valence-corrected chi connectivity index (χ4v) is 10.5. The van der Waals surface area contributed by atoms with Gasteiger partial charge in [-0.15, -0.1) is 0 Å². The van der Waals surface area contributed by atoms with Crippen LogP contribution in [0.1, 0.15) is 85.1 Å². The molecule has 0 aliphatic carbocycles. The Labute approximate surface area is 500 Å². The molecule has 10 N–H and O–H groups in total. The Morgan fingerprint density at radius 3 is 2.40 bits per heavy atom. The van der Waals surface area contributed by atoms with E-state index in [1.165, 1.54) is 26.2 Å². The summed E-state index contributed by atoms with van der Waals surface area (Å²) in [6, 6.07) is 1.37. The first-order valence-corrected chi connectivity index (χ1v) is 28.8. The Morgan fingerprint density at radius 1 is 1.04 bits per heavy atom. The molecule has 2 aromatic rings. The van der Waals surface area contributed by atoms with Gasteiger partial charge in [-0.05, 0) is 82.1 Å². The van der Waals surface area contributed by atoms with Gasteiger partial charge in [0.25, 0.3) is 0 Å². The highest BCUT2D eigenvalue weighted by Gasteiger charge is 2.64. The van der Waals surface area contributed by atoms with Gasteiger partial charge in [0, 0.05) is 56.6 Å². The number of nitrogens with zero attached hydrogens (tertiary/aromatic N) is 1. The lowest BCUT2D eigenvalue weighted by Crippen LogP contribution is -2.63. The molecule has 0 aromatic heterocycles. The van der Waals surface area contributed by atoms with Gasteiger partial charge in [0.15, 0.2) is 5.72 Å². The Hall–Kier alpha value is -6.35. The number of carbonyl (C=O) groups is 8. The molecule has 2 fully saturated rings. The Balaban J connectivity index is 1.36. The molecule has 3 heterocycles. The maximum Gasteiger partial charge on any atom is 0.412 e. The minimum Gasteiger partial charge on any atom is -0.495 e. The summed E-state index contributed by atoms with van der Waals surface area (Å²) in [7, 11) is 4.30. The number of hydrogen-bond donors (Lipinski definition) is 9. The number of nitrogens with one attached hydrogen (secondary N) is 7. The third-order valence-corrected chi connectivity index (χ3v) is 15.9. The number of methoxy groups -OCH3 is 2. The number of amides is 8. The summed E-state index contributed by atoms with van der Waals surface area (Å²) < 4.78 is 45.3. The first-order chi connectivity index (χ1) is 39.2. The zero-order valence-electron chi connectivity index (χ0n) is 47.6. The largest absolute Gasteiger partial charge is 0.495 e. The van der Waals surface area contributed by atoms with Crippen LogP contribution < -0.4 is 52.6 Å². The number of unbranched alkanes of at least 4 members (excludes halogenated alkanes) is 1. The van der Waals surface area contributed by atoms with Crippen LogP contribution in [0.25, 0.3) is 0 Å². The number of ether oxygens (including phenoxy) is 5. The van der Waals surface area contributed by atoms with E-state index in [0.29, 0.717) is 55.0 Å². The van der Waals surface area contributed by atoms with Crippen molar-refractivity contribution < 1.29 is 71.5 Å². The second-order valence-corrected chi connectivity index (χ2v) is 22.6. The van der Waals surface area contributed by atoms with E-state index in [4.69, 9.17) is 52.6 Å². The van der Waals surface area contributed by atoms with E-state index in [1.54, 1.807) is 58.1 Å². The maximum atomic E-state index is 16.1. The molecule has 10 atom stereocenters. The molecule has 2 aromatic carbocycles. The number of alkyl halides is 1. The van der Waals surface area contributed by atoms with Gasteiger partial charge in [0.2, 0.25) is 23.6 Å². The molecule has 1 unspecified atom stereocenters. The molecule has 2 saturated heterocycles. The van der Waals surface area contributed by atoms with E-state index < -0.39 is 120 Å². The molecular weight excluding hydrogens is 1190 g/mol. The fraction of sp³-hybridized carbons (Fsp3) is 0.536. The molecule has 456 valence electrons. The number of anilines is 3. The van der Waals surface area contributed by atoms with Gasteiger partial charge in [-0.2, -0.15) is 0 Å². The zero-order valence-corrected chi connectivity index (χ0v) is 50.7. The van der Waals surface area contributed by atoms with E-state index >= 15 is 4.39 Å². The van der Waals surface area contributed by atoms with Crippen LogP contribution >= 0.6 is 39.1 Å². The number of primary amides is 1. The number of urea groups is 1. The molecule has 27 heteroatoms. The third kappa shape index (κ3) is 18.3. The topological polar surface area (TPSA) is 320 Å². The van der Waals surface area contributed by atoms with Crippen molar-refractivity contribution in [2.24, 2.45) is 17.6 Å². The van der Waals surface area contributed by atoms with Crippen LogP contribution in [0.5, 0.6) is 5.75 Å². The predicted octanol–water partition coefficient (Wildman–Crippen LogP) is 6.46. The van der Waals surface area contributed by atoms with Crippen molar-refractivity contribution in [3.05, 3.63) is 81.6 Å². The zero-order chi connectivity index (χ0) is 61.5. The van der Waals surface area contributed by atoms with Gasteiger partial charge in [0.05, 0.1) is 53.8 Å². The summed E-state index contributed by atoms with van der Waals surface area (Å²) in [4.78, 5) is 106. The number of alkyl carbamates (subject to hydrolysis) is 1. The molecular formula is C56H75BrCl2FN9O14. The first kappa shape index (κ1) is 67.4. The van der Waals surface area contributed by atoms with Crippen molar-refractivity contribution in [2.45, 2.75) is 140 Å². The summed E-state index contributed by atoms with van der Waals surface area (Å²) in [6.07, 6.45) is 0.510. The summed E-state index contributed by atoms with van der Waals surface area (Å²) in [5.41, 5.74) is 3.30. The van der Waals surface area contributed by atoms with Gasteiger partial charge >= 0.3 is 18.2 Å². The van der Waals surface area contributed by atoms with Gasteiger partial charge in [-0.1, -0.05) is 90.3 Å².